The molecule has 1 aromatic heterocycles. The lowest BCUT2D eigenvalue weighted by molar-refractivity contribution is 0.271. The molecule has 0 saturated carbocycles. The van der Waals surface area contributed by atoms with E-state index in [0.29, 0.717) is 0 Å². The summed E-state index contributed by atoms with van der Waals surface area (Å²) in [5, 5.41) is 3.31. The molecule has 1 fully saturated rings. The molecular formula is C12H22N4S. The zero-order valence-corrected chi connectivity index (χ0v) is 11.5. The first-order chi connectivity index (χ1) is 8.19. The highest BCUT2D eigenvalue weighted by atomic mass is 32.1. The Morgan fingerprint density at radius 1 is 1.41 bits per heavy atom. The summed E-state index contributed by atoms with van der Waals surface area (Å²) in [6.07, 6.45) is 0.880. The smallest absolute Gasteiger partial charge is 0.185 e. The van der Waals surface area contributed by atoms with Crippen molar-refractivity contribution in [3.63, 3.8) is 0 Å². The van der Waals surface area contributed by atoms with Gasteiger partial charge in [0.1, 0.15) is 0 Å². The maximum absolute atomic E-state index is 5.79. The molecule has 5 heteroatoms. The zero-order valence-electron chi connectivity index (χ0n) is 10.7. The van der Waals surface area contributed by atoms with Gasteiger partial charge in [-0.1, -0.05) is 6.92 Å². The summed E-state index contributed by atoms with van der Waals surface area (Å²) < 4.78 is 0. The Bertz CT molecular complexity index is 342. The van der Waals surface area contributed by atoms with Crippen LogP contribution in [0.2, 0.25) is 0 Å². The monoisotopic (exact) mass is 254 g/mol. The first-order valence-electron chi connectivity index (χ1n) is 6.36. The van der Waals surface area contributed by atoms with Crippen LogP contribution in [-0.4, -0.2) is 48.6 Å². The molecule has 1 aliphatic heterocycles. The predicted molar refractivity (Wildman–Crippen MR) is 73.8 cm³/mol. The Morgan fingerprint density at radius 3 is 2.71 bits per heavy atom. The van der Waals surface area contributed by atoms with Crippen LogP contribution in [0.4, 0.5) is 5.13 Å². The van der Waals surface area contributed by atoms with E-state index in [1.807, 2.05) is 6.92 Å². The van der Waals surface area contributed by atoms with E-state index in [2.05, 4.69) is 27.1 Å². The van der Waals surface area contributed by atoms with Gasteiger partial charge in [0.15, 0.2) is 5.13 Å². The van der Waals surface area contributed by atoms with Crippen molar-refractivity contribution in [1.82, 2.24) is 9.88 Å². The van der Waals surface area contributed by atoms with Crippen molar-refractivity contribution >= 4 is 16.5 Å². The highest BCUT2D eigenvalue weighted by molar-refractivity contribution is 7.13. The molecule has 2 N–H and O–H groups in total. The minimum absolute atomic E-state index is 0.196. The van der Waals surface area contributed by atoms with Gasteiger partial charge in [-0.25, -0.2) is 4.98 Å². The summed E-state index contributed by atoms with van der Waals surface area (Å²) in [6.45, 7) is 9.90. The van der Waals surface area contributed by atoms with Crippen LogP contribution in [0.3, 0.4) is 0 Å². The quantitative estimate of drug-likeness (QED) is 0.876. The second kappa shape index (κ2) is 5.80. The molecule has 2 heterocycles. The van der Waals surface area contributed by atoms with Gasteiger partial charge in [-0.3, -0.25) is 0 Å². The van der Waals surface area contributed by atoms with Gasteiger partial charge in [0, 0.05) is 44.0 Å². The third kappa shape index (κ3) is 3.40. The molecular weight excluding hydrogens is 232 g/mol. The zero-order chi connectivity index (χ0) is 12.3. The fourth-order valence-corrected chi connectivity index (χ4v) is 3.01. The van der Waals surface area contributed by atoms with Gasteiger partial charge in [-0.2, -0.15) is 0 Å². The standard InChI is InChI=1S/C12H22N4S/c1-3-15-4-6-16(7-5-15)12-14-11(9-17-12)8-10(2)13/h9-10H,3-8,13H2,1-2H3. The Morgan fingerprint density at radius 2 is 2.12 bits per heavy atom. The predicted octanol–water partition coefficient (Wildman–Crippen LogP) is 1.17. The highest BCUT2D eigenvalue weighted by Gasteiger charge is 2.18. The Labute approximate surface area is 107 Å². The lowest BCUT2D eigenvalue weighted by Crippen LogP contribution is -2.46. The third-order valence-corrected chi connectivity index (χ3v) is 4.11. The summed E-state index contributed by atoms with van der Waals surface area (Å²) in [7, 11) is 0. The summed E-state index contributed by atoms with van der Waals surface area (Å²) in [4.78, 5) is 9.54. The van der Waals surface area contributed by atoms with E-state index in [1.165, 1.54) is 0 Å². The molecule has 17 heavy (non-hydrogen) atoms. The number of anilines is 1. The van der Waals surface area contributed by atoms with Crippen molar-refractivity contribution in [2.45, 2.75) is 26.3 Å². The molecule has 0 bridgehead atoms. The fraction of sp³-hybridized carbons (Fsp3) is 0.750. The molecule has 2 rings (SSSR count). The highest BCUT2D eigenvalue weighted by Crippen LogP contribution is 2.22. The van der Waals surface area contributed by atoms with E-state index in [4.69, 9.17) is 5.73 Å². The number of hydrogen-bond donors (Lipinski definition) is 1. The van der Waals surface area contributed by atoms with E-state index < -0.39 is 0 Å². The van der Waals surface area contributed by atoms with Crippen LogP contribution in [0, 0.1) is 0 Å². The number of hydrogen-bond acceptors (Lipinski definition) is 5. The Kier molecular flexibility index (Phi) is 4.36. The van der Waals surface area contributed by atoms with Crippen molar-refractivity contribution in [2.75, 3.05) is 37.6 Å². The number of aromatic nitrogens is 1. The summed E-state index contributed by atoms with van der Waals surface area (Å²) in [5.41, 5.74) is 6.93. The van der Waals surface area contributed by atoms with Gasteiger partial charge in [0.2, 0.25) is 0 Å². The molecule has 1 atom stereocenters. The molecule has 1 aliphatic rings. The molecule has 0 spiro atoms. The van der Waals surface area contributed by atoms with Crippen LogP contribution in [0.15, 0.2) is 5.38 Å². The molecule has 0 amide bonds. The average molecular weight is 254 g/mol. The van der Waals surface area contributed by atoms with Gasteiger partial charge in [-0.05, 0) is 13.5 Å². The third-order valence-electron chi connectivity index (χ3n) is 3.16. The van der Waals surface area contributed by atoms with Gasteiger partial charge in [0.25, 0.3) is 0 Å². The Hall–Kier alpha value is -0.650. The van der Waals surface area contributed by atoms with E-state index >= 15 is 0 Å². The Balaban J connectivity index is 1.92. The van der Waals surface area contributed by atoms with Crippen molar-refractivity contribution < 1.29 is 0 Å². The minimum atomic E-state index is 0.196. The number of likely N-dealkylation sites (N-methyl/N-ethyl adjacent to an activating group) is 1. The van der Waals surface area contributed by atoms with Gasteiger partial charge in [-0.15, -0.1) is 11.3 Å². The molecule has 4 nitrogen and oxygen atoms in total. The molecule has 1 aromatic rings. The van der Waals surface area contributed by atoms with Gasteiger partial charge < -0.3 is 15.5 Å². The molecule has 0 aromatic carbocycles. The number of nitrogens with two attached hydrogens (primary N) is 1. The van der Waals surface area contributed by atoms with E-state index in [1.54, 1.807) is 11.3 Å². The molecule has 1 unspecified atom stereocenters. The van der Waals surface area contributed by atoms with Crippen LogP contribution >= 0.6 is 11.3 Å². The average Bonchev–Trinajstić information content (AvgIpc) is 2.77. The SMILES string of the molecule is CCN1CCN(c2nc(CC(C)N)cs2)CC1. The van der Waals surface area contributed by atoms with E-state index in [0.717, 1.165) is 50.0 Å². The van der Waals surface area contributed by atoms with E-state index in [-0.39, 0.29) is 6.04 Å². The second-order valence-electron chi connectivity index (χ2n) is 4.72. The van der Waals surface area contributed by atoms with Crippen molar-refractivity contribution in [3.8, 4) is 0 Å². The van der Waals surface area contributed by atoms with Crippen LogP contribution < -0.4 is 10.6 Å². The number of thiazole rings is 1. The topological polar surface area (TPSA) is 45.4 Å². The summed E-state index contributed by atoms with van der Waals surface area (Å²) in [6, 6.07) is 0.196. The van der Waals surface area contributed by atoms with Crippen LogP contribution in [0.5, 0.6) is 0 Å². The van der Waals surface area contributed by atoms with Gasteiger partial charge >= 0.3 is 0 Å². The van der Waals surface area contributed by atoms with Crippen molar-refractivity contribution in [3.05, 3.63) is 11.1 Å². The maximum Gasteiger partial charge on any atom is 0.185 e. The fourth-order valence-electron chi connectivity index (χ4n) is 2.12. The summed E-state index contributed by atoms with van der Waals surface area (Å²) in [5.74, 6) is 0. The second-order valence-corrected chi connectivity index (χ2v) is 5.56. The normalized spacial score (nSPS) is 19.6. The largest absolute Gasteiger partial charge is 0.346 e. The van der Waals surface area contributed by atoms with Crippen molar-refractivity contribution in [2.24, 2.45) is 5.73 Å². The minimum Gasteiger partial charge on any atom is -0.346 e. The van der Waals surface area contributed by atoms with Crippen LogP contribution in [0.1, 0.15) is 19.5 Å². The number of piperazine rings is 1. The first-order valence-corrected chi connectivity index (χ1v) is 7.24. The van der Waals surface area contributed by atoms with Gasteiger partial charge in [0.05, 0.1) is 5.69 Å². The summed E-state index contributed by atoms with van der Waals surface area (Å²) >= 11 is 1.75. The lowest BCUT2D eigenvalue weighted by Gasteiger charge is -2.33. The number of rotatable bonds is 4. The molecule has 0 radical (unpaired) electrons. The molecule has 1 saturated heterocycles. The molecule has 96 valence electrons. The maximum atomic E-state index is 5.79. The van der Waals surface area contributed by atoms with Crippen LogP contribution in [0.25, 0.3) is 0 Å². The molecule has 0 aliphatic carbocycles. The lowest BCUT2D eigenvalue weighted by atomic mass is 10.2. The van der Waals surface area contributed by atoms with Crippen LogP contribution in [-0.2, 0) is 6.42 Å². The first kappa shape index (κ1) is 12.8. The van der Waals surface area contributed by atoms with Crippen molar-refractivity contribution in [1.29, 1.82) is 0 Å². The number of nitrogens with zero attached hydrogens (tertiary/aromatic N) is 3. The van der Waals surface area contributed by atoms with E-state index in [9.17, 15) is 0 Å².